The summed E-state index contributed by atoms with van der Waals surface area (Å²) in [7, 11) is 0. The lowest BCUT2D eigenvalue weighted by Gasteiger charge is -2.09. The third-order valence-electron chi connectivity index (χ3n) is 4.47. The highest BCUT2D eigenvalue weighted by atomic mass is 16.5. The Morgan fingerprint density at radius 1 is 1.03 bits per heavy atom. The summed E-state index contributed by atoms with van der Waals surface area (Å²) < 4.78 is 11.5. The summed E-state index contributed by atoms with van der Waals surface area (Å²) in [4.78, 5) is 21.2. The molecule has 1 amide bonds. The Morgan fingerprint density at radius 3 is 2.67 bits per heavy atom. The van der Waals surface area contributed by atoms with Gasteiger partial charge in [0.15, 0.2) is 0 Å². The molecule has 1 N–H and O–H groups in total. The number of benzene rings is 2. The molecule has 0 fully saturated rings. The third kappa shape index (κ3) is 4.91. The van der Waals surface area contributed by atoms with E-state index in [0.29, 0.717) is 35.4 Å². The van der Waals surface area contributed by atoms with E-state index in [2.05, 4.69) is 15.3 Å². The number of carbonyl (C=O) groups excluding carboxylic acids is 1. The lowest BCUT2D eigenvalue weighted by molar-refractivity contribution is -0.115. The normalized spacial score (nSPS) is 10.6. The van der Waals surface area contributed by atoms with E-state index in [0.717, 1.165) is 11.3 Å². The monoisotopic (exact) mass is 399 g/mol. The number of rotatable bonds is 7. The molecular formula is C24H21N3O3. The van der Waals surface area contributed by atoms with Gasteiger partial charge in [-0.25, -0.2) is 4.98 Å². The second kappa shape index (κ2) is 9.05. The van der Waals surface area contributed by atoms with Crippen molar-refractivity contribution in [1.29, 1.82) is 0 Å². The van der Waals surface area contributed by atoms with Crippen molar-refractivity contribution >= 4 is 11.6 Å². The number of oxazole rings is 1. The van der Waals surface area contributed by atoms with Crippen LogP contribution in [0.5, 0.6) is 5.75 Å². The fraction of sp³-hybridized carbons (Fsp3) is 0.125. The quantitative estimate of drug-likeness (QED) is 0.483. The Hall–Kier alpha value is -3.93. The molecule has 0 aliphatic heterocycles. The summed E-state index contributed by atoms with van der Waals surface area (Å²) in [5.41, 5.74) is 2.99. The average Bonchev–Trinajstić information content (AvgIpc) is 3.14. The van der Waals surface area contributed by atoms with Gasteiger partial charge in [-0.15, -0.1) is 0 Å². The third-order valence-corrected chi connectivity index (χ3v) is 4.47. The highest BCUT2D eigenvalue weighted by molar-refractivity contribution is 5.92. The molecule has 0 aliphatic carbocycles. The predicted octanol–water partition coefficient (Wildman–Crippen LogP) is 4.81. The van der Waals surface area contributed by atoms with Crippen molar-refractivity contribution in [3.05, 3.63) is 96.1 Å². The molecule has 0 unspecified atom stereocenters. The van der Waals surface area contributed by atoms with E-state index in [-0.39, 0.29) is 12.3 Å². The SMILES string of the molecule is Cc1oc(-c2ccccc2)nc1CC(=O)Nc1cccc(OCc2ccccn2)c1. The van der Waals surface area contributed by atoms with Crippen molar-refractivity contribution in [2.75, 3.05) is 5.32 Å². The number of nitrogens with zero attached hydrogens (tertiary/aromatic N) is 2. The zero-order valence-corrected chi connectivity index (χ0v) is 16.5. The molecule has 0 saturated heterocycles. The van der Waals surface area contributed by atoms with Gasteiger partial charge in [0.05, 0.1) is 17.8 Å². The lowest BCUT2D eigenvalue weighted by Crippen LogP contribution is -2.15. The first-order valence-corrected chi connectivity index (χ1v) is 9.62. The molecule has 2 heterocycles. The van der Waals surface area contributed by atoms with Crippen LogP contribution in [0.3, 0.4) is 0 Å². The molecule has 0 aliphatic rings. The van der Waals surface area contributed by atoms with Crippen LogP contribution in [-0.4, -0.2) is 15.9 Å². The van der Waals surface area contributed by atoms with Gasteiger partial charge < -0.3 is 14.5 Å². The number of ether oxygens (including phenoxy) is 1. The summed E-state index contributed by atoms with van der Waals surface area (Å²) in [6, 6.07) is 22.6. The minimum absolute atomic E-state index is 0.126. The first kappa shape index (κ1) is 19.4. The molecule has 150 valence electrons. The smallest absolute Gasteiger partial charge is 0.230 e. The van der Waals surface area contributed by atoms with Crippen LogP contribution in [0.25, 0.3) is 11.5 Å². The maximum atomic E-state index is 12.5. The van der Waals surface area contributed by atoms with E-state index in [1.165, 1.54) is 0 Å². The van der Waals surface area contributed by atoms with Gasteiger partial charge >= 0.3 is 0 Å². The second-order valence-corrected chi connectivity index (χ2v) is 6.75. The van der Waals surface area contributed by atoms with Gasteiger partial charge in [-0.3, -0.25) is 9.78 Å². The summed E-state index contributed by atoms with van der Waals surface area (Å²) in [5.74, 6) is 1.63. The van der Waals surface area contributed by atoms with Crippen LogP contribution >= 0.6 is 0 Å². The van der Waals surface area contributed by atoms with Gasteiger partial charge in [0.2, 0.25) is 11.8 Å². The molecule has 0 radical (unpaired) electrons. The molecular weight excluding hydrogens is 378 g/mol. The Kier molecular flexibility index (Phi) is 5.85. The van der Waals surface area contributed by atoms with Gasteiger partial charge in [-0.2, -0.15) is 0 Å². The van der Waals surface area contributed by atoms with Crippen molar-refractivity contribution in [3.63, 3.8) is 0 Å². The number of nitrogens with one attached hydrogen (secondary N) is 1. The maximum absolute atomic E-state index is 12.5. The molecule has 2 aromatic heterocycles. The number of pyridine rings is 1. The van der Waals surface area contributed by atoms with Crippen molar-refractivity contribution in [3.8, 4) is 17.2 Å². The number of carbonyl (C=O) groups is 1. The minimum Gasteiger partial charge on any atom is -0.487 e. The van der Waals surface area contributed by atoms with Crippen LogP contribution in [0.4, 0.5) is 5.69 Å². The molecule has 0 bridgehead atoms. The summed E-state index contributed by atoms with van der Waals surface area (Å²) >= 11 is 0. The van der Waals surface area contributed by atoms with E-state index < -0.39 is 0 Å². The van der Waals surface area contributed by atoms with Crippen LogP contribution in [0, 0.1) is 6.92 Å². The number of aromatic nitrogens is 2. The zero-order chi connectivity index (χ0) is 20.8. The number of hydrogen-bond acceptors (Lipinski definition) is 5. The first-order chi connectivity index (χ1) is 14.7. The van der Waals surface area contributed by atoms with Gasteiger partial charge in [0, 0.05) is 23.5 Å². The van der Waals surface area contributed by atoms with Gasteiger partial charge in [-0.05, 0) is 43.3 Å². The van der Waals surface area contributed by atoms with Gasteiger partial charge in [-0.1, -0.05) is 30.3 Å². The van der Waals surface area contributed by atoms with Gasteiger partial charge in [0.25, 0.3) is 0 Å². The standard InChI is InChI=1S/C24H21N3O3/c1-17-22(27-24(30-17)18-8-3-2-4-9-18)15-23(28)26-19-11-7-12-21(14-19)29-16-20-10-5-6-13-25-20/h2-14H,15-16H2,1H3,(H,26,28). The number of hydrogen-bond donors (Lipinski definition) is 1. The van der Waals surface area contributed by atoms with Crippen molar-refractivity contribution in [1.82, 2.24) is 9.97 Å². The zero-order valence-electron chi connectivity index (χ0n) is 16.5. The minimum atomic E-state index is -0.173. The van der Waals surface area contributed by atoms with Crippen molar-refractivity contribution in [2.24, 2.45) is 0 Å². The molecule has 6 nitrogen and oxygen atoms in total. The second-order valence-electron chi connectivity index (χ2n) is 6.75. The Balaban J connectivity index is 1.38. The molecule has 0 atom stereocenters. The van der Waals surface area contributed by atoms with E-state index in [4.69, 9.17) is 9.15 Å². The highest BCUT2D eigenvalue weighted by Crippen LogP contribution is 2.22. The fourth-order valence-corrected chi connectivity index (χ4v) is 2.96. The van der Waals surface area contributed by atoms with Crippen LogP contribution in [-0.2, 0) is 17.8 Å². The van der Waals surface area contributed by atoms with E-state index in [1.807, 2.05) is 73.7 Å². The summed E-state index contributed by atoms with van der Waals surface area (Å²) in [6.07, 6.45) is 1.85. The first-order valence-electron chi connectivity index (χ1n) is 9.62. The van der Waals surface area contributed by atoms with Crippen LogP contribution < -0.4 is 10.1 Å². The van der Waals surface area contributed by atoms with Crippen LogP contribution in [0.15, 0.2) is 83.4 Å². The Labute approximate surface area is 174 Å². The molecule has 4 rings (SSSR count). The molecule has 2 aromatic carbocycles. The molecule has 30 heavy (non-hydrogen) atoms. The fourth-order valence-electron chi connectivity index (χ4n) is 2.96. The van der Waals surface area contributed by atoms with E-state index in [9.17, 15) is 4.79 Å². The average molecular weight is 399 g/mol. The summed E-state index contributed by atoms with van der Waals surface area (Å²) in [5, 5.41) is 2.89. The molecule has 6 heteroatoms. The lowest BCUT2D eigenvalue weighted by atomic mass is 10.2. The number of anilines is 1. The van der Waals surface area contributed by atoms with Crippen LogP contribution in [0.2, 0.25) is 0 Å². The number of aryl methyl sites for hydroxylation is 1. The number of amides is 1. The molecule has 4 aromatic rings. The predicted molar refractivity (Wildman–Crippen MR) is 114 cm³/mol. The highest BCUT2D eigenvalue weighted by Gasteiger charge is 2.15. The molecule has 0 spiro atoms. The van der Waals surface area contributed by atoms with Gasteiger partial charge in [0.1, 0.15) is 18.1 Å². The summed E-state index contributed by atoms with van der Waals surface area (Å²) in [6.45, 7) is 2.17. The topological polar surface area (TPSA) is 77.2 Å². The van der Waals surface area contributed by atoms with E-state index in [1.54, 1.807) is 12.3 Å². The van der Waals surface area contributed by atoms with Crippen molar-refractivity contribution < 1.29 is 13.9 Å². The van der Waals surface area contributed by atoms with Crippen LogP contribution in [0.1, 0.15) is 17.1 Å². The maximum Gasteiger partial charge on any atom is 0.230 e. The van der Waals surface area contributed by atoms with Crippen molar-refractivity contribution in [2.45, 2.75) is 20.0 Å². The molecule has 0 saturated carbocycles. The van der Waals surface area contributed by atoms with E-state index >= 15 is 0 Å². The largest absolute Gasteiger partial charge is 0.487 e. The Bertz CT molecular complexity index is 1120. The Morgan fingerprint density at radius 2 is 1.87 bits per heavy atom.